The van der Waals surface area contributed by atoms with Crippen molar-refractivity contribution in [2.45, 2.75) is 6.42 Å². The number of carbonyl (C=O) groups is 2. The molecule has 0 N–H and O–H groups in total. The fraction of sp³-hybridized carbons (Fsp3) is 0.385. The normalized spacial score (nSPS) is 18.6. The van der Waals surface area contributed by atoms with Gasteiger partial charge in [0, 0.05) is 25.1 Å². The smallest absolute Gasteiger partial charge is 0.311 e. The number of amides is 1. The molecule has 1 unspecified atom stereocenters. The summed E-state index contributed by atoms with van der Waals surface area (Å²) in [6, 6.07) is 4.02. The first-order chi connectivity index (χ1) is 9.05. The van der Waals surface area contributed by atoms with Gasteiger partial charge in [-0.3, -0.25) is 9.59 Å². The van der Waals surface area contributed by atoms with Gasteiger partial charge in [0.25, 0.3) is 0 Å². The Bertz CT molecular complexity index is 517. The molecule has 1 aromatic carbocycles. The van der Waals surface area contributed by atoms with Gasteiger partial charge in [-0.15, -0.1) is 0 Å². The summed E-state index contributed by atoms with van der Waals surface area (Å²) in [7, 11) is 2.70. The number of halogens is 1. The maximum atomic E-state index is 13.4. The fourth-order valence-electron chi connectivity index (χ4n) is 2.10. The number of hydrogen-bond acceptors (Lipinski definition) is 4. The molecule has 5 nitrogen and oxygen atoms in total. The molecule has 0 bridgehead atoms. The Labute approximate surface area is 109 Å². The van der Waals surface area contributed by atoms with Crippen LogP contribution in [0.4, 0.5) is 10.1 Å². The van der Waals surface area contributed by atoms with Crippen LogP contribution in [-0.4, -0.2) is 32.6 Å². The Morgan fingerprint density at radius 3 is 2.74 bits per heavy atom. The van der Waals surface area contributed by atoms with Crippen molar-refractivity contribution >= 4 is 17.6 Å². The Morgan fingerprint density at radius 2 is 2.11 bits per heavy atom. The van der Waals surface area contributed by atoms with Crippen LogP contribution >= 0.6 is 0 Å². The van der Waals surface area contributed by atoms with Gasteiger partial charge >= 0.3 is 5.97 Å². The molecule has 1 fully saturated rings. The molecule has 0 radical (unpaired) electrons. The van der Waals surface area contributed by atoms with E-state index < -0.39 is 17.7 Å². The van der Waals surface area contributed by atoms with Crippen LogP contribution in [0.5, 0.6) is 5.75 Å². The van der Waals surface area contributed by atoms with E-state index in [0.717, 1.165) is 0 Å². The maximum Gasteiger partial charge on any atom is 0.311 e. The maximum absolute atomic E-state index is 13.4. The molecule has 1 amide bonds. The van der Waals surface area contributed by atoms with Gasteiger partial charge in [-0.2, -0.15) is 0 Å². The summed E-state index contributed by atoms with van der Waals surface area (Å²) < 4.78 is 23.0. The minimum absolute atomic E-state index is 0.0749. The standard InChI is InChI=1S/C13H14FNO4/c1-18-11-5-9(14)4-10(6-11)15-7-8(3-12(15)16)13(17)19-2/h4-6,8H,3,7H2,1-2H3. The highest BCUT2D eigenvalue weighted by Gasteiger charge is 2.36. The summed E-state index contributed by atoms with van der Waals surface area (Å²) in [5.41, 5.74) is 0.383. The second kappa shape index (κ2) is 5.26. The van der Waals surface area contributed by atoms with E-state index in [4.69, 9.17) is 4.74 Å². The van der Waals surface area contributed by atoms with Gasteiger partial charge in [0.2, 0.25) is 5.91 Å². The van der Waals surface area contributed by atoms with Crippen LogP contribution in [0, 0.1) is 11.7 Å². The highest BCUT2D eigenvalue weighted by molar-refractivity contribution is 5.99. The first-order valence-electron chi connectivity index (χ1n) is 5.78. The number of nitrogens with zero attached hydrogens (tertiary/aromatic N) is 1. The third kappa shape index (κ3) is 2.67. The molecule has 0 spiro atoms. The summed E-state index contributed by atoms with van der Waals surface area (Å²) in [6.07, 6.45) is 0.0749. The molecule has 0 saturated carbocycles. The highest BCUT2D eigenvalue weighted by atomic mass is 19.1. The Kier molecular flexibility index (Phi) is 3.69. The van der Waals surface area contributed by atoms with E-state index in [-0.39, 0.29) is 18.9 Å². The van der Waals surface area contributed by atoms with Gasteiger partial charge in [0.05, 0.1) is 25.8 Å². The molecule has 0 aliphatic carbocycles. The fourth-order valence-corrected chi connectivity index (χ4v) is 2.10. The van der Waals surface area contributed by atoms with Crippen LogP contribution in [0.2, 0.25) is 0 Å². The second-order valence-electron chi connectivity index (χ2n) is 4.28. The molecule has 102 valence electrons. The molecule has 1 aliphatic heterocycles. The lowest BCUT2D eigenvalue weighted by atomic mass is 10.1. The monoisotopic (exact) mass is 267 g/mol. The van der Waals surface area contributed by atoms with E-state index in [2.05, 4.69) is 4.74 Å². The van der Waals surface area contributed by atoms with Crippen molar-refractivity contribution in [1.82, 2.24) is 0 Å². The van der Waals surface area contributed by atoms with Crippen LogP contribution < -0.4 is 9.64 Å². The molecule has 0 aromatic heterocycles. The van der Waals surface area contributed by atoms with Crippen LogP contribution in [0.1, 0.15) is 6.42 Å². The van der Waals surface area contributed by atoms with E-state index in [9.17, 15) is 14.0 Å². The van der Waals surface area contributed by atoms with E-state index in [1.807, 2.05) is 0 Å². The van der Waals surface area contributed by atoms with E-state index in [0.29, 0.717) is 11.4 Å². The lowest BCUT2D eigenvalue weighted by Crippen LogP contribution is -2.26. The van der Waals surface area contributed by atoms with E-state index >= 15 is 0 Å². The molecular formula is C13H14FNO4. The second-order valence-corrected chi connectivity index (χ2v) is 4.28. The van der Waals surface area contributed by atoms with Gasteiger partial charge in [0.1, 0.15) is 11.6 Å². The zero-order valence-corrected chi connectivity index (χ0v) is 10.7. The molecular weight excluding hydrogens is 253 g/mol. The van der Waals surface area contributed by atoms with E-state index in [1.54, 1.807) is 6.07 Å². The number of methoxy groups -OCH3 is 2. The molecule has 1 aliphatic rings. The quantitative estimate of drug-likeness (QED) is 0.776. The number of anilines is 1. The first-order valence-corrected chi connectivity index (χ1v) is 5.78. The topological polar surface area (TPSA) is 55.8 Å². The van der Waals surface area contributed by atoms with Crippen molar-refractivity contribution in [2.24, 2.45) is 5.92 Å². The Morgan fingerprint density at radius 1 is 1.37 bits per heavy atom. The van der Waals surface area contributed by atoms with Crippen LogP contribution in [0.15, 0.2) is 18.2 Å². The molecule has 1 aromatic rings. The predicted octanol–water partition coefficient (Wildman–Crippen LogP) is 1.36. The first kappa shape index (κ1) is 13.3. The van der Waals surface area contributed by atoms with Crippen molar-refractivity contribution in [3.8, 4) is 5.75 Å². The lowest BCUT2D eigenvalue weighted by molar-refractivity contribution is -0.145. The summed E-state index contributed by atoms with van der Waals surface area (Å²) >= 11 is 0. The van der Waals surface area contributed by atoms with Gasteiger partial charge in [-0.05, 0) is 6.07 Å². The number of carbonyl (C=O) groups excluding carboxylic acids is 2. The summed E-state index contributed by atoms with van der Waals surface area (Å²) in [5, 5.41) is 0. The van der Waals surface area contributed by atoms with Crippen molar-refractivity contribution < 1.29 is 23.5 Å². The zero-order chi connectivity index (χ0) is 14.0. The summed E-state index contributed by atoms with van der Waals surface area (Å²) in [5.74, 6) is -1.35. The van der Waals surface area contributed by atoms with Crippen LogP contribution in [-0.2, 0) is 14.3 Å². The largest absolute Gasteiger partial charge is 0.497 e. The molecule has 19 heavy (non-hydrogen) atoms. The van der Waals surface area contributed by atoms with Gasteiger partial charge in [-0.1, -0.05) is 0 Å². The lowest BCUT2D eigenvalue weighted by Gasteiger charge is -2.17. The zero-order valence-electron chi connectivity index (χ0n) is 10.7. The molecule has 6 heteroatoms. The number of ether oxygens (including phenoxy) is 2. The SMILES string of the molecule is COC(=O)C1CC(=O)N(c2cc(F)cc(OC)c2)C1. The van der Waals surface area contributed by atoms with Crippen molar-refractivity contribution in [3.05, 3.63) is 24.0 Å². The summed E-state index contributed by atoms with van der Waals surface area (Å²) in [4.78, 5) is 24.7. The average molecular weight is 267 g/mol. The van der Waals surface area contributed by atoms with Crippen LogP contribution in [0.25, 0.3) is 0 Å². The predicted molar refractivity (Wildman–Crippen MR) is 65.4 cm³/mol. The summed E-state index contributed by atoms with van der Waals surface area (Å²) in [6.45, 7) is 0.193. The third-order valence-corrected chi connectivity index (χ3v) is 3.06. The van der Waals surface area contributed by atoms with Crippen molar-refractivity contribution in [3.63, 3.8) is 0 Å². The number of hydrogen-bond donors (Lipinski definition) is 0. The van der Waals surface area contributed by atoms with Gasteiger partial charge < -0.3 is 14.4 Å². The van der Waals surface area contributed by atoms with Gasteiger partial charge in [0.15, 0.2) is 0 Å². The minimum Gasteiger partial charge on any atom is -0.497 e. The Balaban J connectivity index is 2.25. The third-order valence-electron chi connectivity index (χ3n) is 3.06. The van der Waals surface area contributed by atoms with Crippen molar-refractivity contribution in [1.29, 1.82) is 0 Å². The molecule has 1 saturated heterocycles. The van der Waals surface area contributed by atoms with Crippen molar-refractivity contribution in [2.75, 3.05) is 25.7 Å². The average Bonchev–Trinajstić information content (AvgIpc) is 2.79. The number of rotatable bonds is 3. The van der Waals surface area contributed by atoms with Crippen LogP contribution in [0.3, 0.4) is 0 Å². The van der Waals surface area contributed by atoms with Gasteiger partial charge in [-0.25, -0.2) is 4.39 Å². The molecule has 1 atom stereocenters. The number of benzene rings is 1. The Hall–Kier alpha value is -2.11. The highest BCUT2D eigenvalue weighted by Crippen LogP contribution is 2.29. The molecule has 2 rings (SSSR count). The molecule has 1 heterocycles. The number of esters is 1. The minimum atomic E-state index is -0.508. The van der Waals surface area contributed by atoms with E-state index in [1.165, 1.54) is 31.3 Å².